The van der Waals surface area contributed by atoms with Gasteiger partial charge >= 0.3 is 6.03 Å². The van der Waals surface area contributed by atoms with Crippen molar-refractivity contribution in [2.45, 2.75) is 6.42 Å². The van der Waals surface area contributed by atoms with Crippen molar-refractivity contribution in [3.63, 3.8) is 0 Å². The Morgan fingerprint density at radius 2 is 2.06 bits per heavy atom. The van der Waals surface area contributed by atoms with Crippen LogP contribution in [0.5, 0.6) is 0 Å². The minimum atomic E-state index is -0.909. The van der Waals surface area contributed by atoms with Gasteiger partial charge < -0.3 is 5.73 Å². The number of benzene rings is 1. The maximum atomic E-state index is 13.2. The van der Waals surface area contributed by atoms with E-state index < -0.39 is 17.8 Å². The molecule has 0 heterocycles. The average Bonchev–Trinajstić information content (AvgIpc) is 2.21. The van der Waals surface area contributed by atoms with Crippen molar-refractivity contribution in [2.75, 3.05) is 0 Å². The van der Waals surface area contributed by atoms with Crippen LogP contribution in [-0.4, -0.2) is 11.9 Å². The van der Waals surface area contributed by atoms with E-state index in [2.05, 4.69) is 0 Å². The monoisotopic (exact) mass is 245 g/mol. The van der Waals surface area contributed by atoms with Crippen LogP contribution in [0, 0.1) is 5.82 Å². The first-order chi connectivity index (χ1) is 7.50. The number of hydrogen-bond donors (Lipinski definition) is 3. The van der Waals surface area contributed by atoms with Gasteiger partial charge in [-0.3, -0.25) is 10.2 Å². The lowest BCUT2D eigenvalue weighted by atomic mass is 10.1. The van der Waals surface area contributed by atoms with E-state index in [0.717, 1.165) is 0 Å². The maximum Gasteiger partial charge on any atom is 0.330 e. The molecule has 0 fully saturated rings. The summed E-state index contributed by atoms with van der Waals surface area (Å²) in [5, 5.41) is 0.147. The average molecular weight is 246 g/mol. The van der Waals surface area contributed by atoms with Crippen molar-refractivity contribution in [2.24, 2.45) is 5.73 Å². The molecule has 0 radical (unpaired) electrons. The molecule has 0 saturated carbocycles. The summed E-state index contributed by atoms with van der Waals surface area (Å²) in [5.74, 6) is -1.20. The van der Waals surface area contributed by atoms with Crippen LogP contribution in [0.3, 0.4) is 0 Å². The van der Waals surface area contributed by atoms with Gasteiger partial charge in [0.2, 0.25) is 5.91 Å². The smallest absolute Gasteiger partial charge is 0.330 e. The number of nitrogens with one attached hydrogen (secondary N) is 2. The van der Waals surface area contributed by atoms with Crippen LogP contribution in [0.25, 0.3) is 0 Å². The topological polar surface area (TPSA) is 84.2 Å². The number of carbonyl (C=O) groups excluding carboxylic acids is 2. The molecular formula is C9H9ClFN3O2. The summed E-state index contributed by atoms with van der Waals surface area (Å²) in [6.45, 7) is 0. The molecule has 0 atom stereocenters. The lowest BCUT2D eigenvalue weighted by molar-refractivity contribution is -0.121. The first kappa shape index (κ1) is 12.3. The van der Waals surface area contributed by atoms with Gasteiger partial charge in [-0.2, -0.15) is 0 Å². The molecule has 7 heteroatoms. The number of halogens is 2. The fraction of sp³-hybridized carbons (Fsp3) is 0.111. The Hall–Kier alpha value is -1.82. The van der Waals surface area contributed by atoms with Gasteiger partial charge in [0.25, 0.3) is 0 Å². The standard InChI is InChI=1S/C9H9ClFN3O2/c10-6-2-1-3-7(11)5(6)4-8(15)13-14-9(12)16/h1-3H,4H2,(H,13,15)(H3,12,14,16). The minimum absolute atomic E-state index is 0.0629. The van der Waals surface area contributed by atoms with Crippen LogP contribution in [0.4, 0.5) is 9.18 Å². The Morgan fingerprint density at radius 1 is 1.38 bits per heavy atom. The van der Waals surface area contributed by atoms with E-state index in [-0.39, 0.29) is 17.0 Å². The summed E-state index contributed by atoms with van der Waals surface area (Å²) in [6, 6.07) is 3.18. The van der Waals surface area contributed by atoms with Crippen LogP contribution in [0.15, 0.2) is 18.2 Å². The normalized spacial score (nSPS) is 9.62. The van der Waals surface area contributed by atoms with Crippen LogP contribution in [0.2, 0.25) is 5.02 Å². The molecule has 1 aromatic rings. The Morgan fingerprint density at radius 3 is 2.62 bits per heavy atom. The van der Waals surface area contributed by atoms with Crippen molar-refractivity contribution in [1.29, 1.82) is 0 Å². The fourth-order valence-corrected chi connectivity index (χ4v) is 1.27. The first-order valence-electron chi connectivity index (χ1n) is 4.28. The number of primary amides is 1. The van der Waals surface area contributed by atoms with Crippen molar-refractivity contribution in [3.05, 3.63) is 34.6 Å². The maximum absolute atomic E-state index is 13.2. The molecule has 0 aliphatic rings. The number of hydrogen-bond acceptors (Lipinski definition) is 2. The van der Waals surface area contributed by atoms with Crippen molar-refractivity contribution < 1.29 is 14.0 Å². The van der Waals surface area contributed by atoms with E-state index in [0.29, 0.717) is 0 Å². The lowest BCUT2D eigenvalue weighted by Crippen LogP contribution is -2.45. The minimum Gasteiger partial charge on any atom is -0.350 e. The zero-order chi connectivity index (χ0) is 12.1. The van der Waals surface area contributed by atoms with Gasteiger partial charge in [0.15, 0.2) is 0 Å². The fourth-order valence-electron chi connectivity index (χ4n) is 1.04. The summed E-state index contributed by atoms with van der Waals surface area (Å²) < 4.78 is 13.2. The molecule has 0 unspecified atom stereocenters. The van der Waals surface area contributed by atoms with Crippen LogP contribution in [0.1, 0.15) is 5.56 Å². The Bertz CT molecular complexity index is 405. The van der Waals surface area contributed by atoms with Gasteiger partial charge in [-0.25, -0.2) is 14.6 Å². The second-order valence-electron chi connectivity index (χ2n) is 2.91. The zero-order valence-corrected chi connectivity index (χ0v) is 8.84. The van der Waals surface area contributed by atoms with E-state index in [1.165, 1.54) is 18.2 Å². The third kappa shape index (κ3) is 3.39. The number of amides is 3. The molecule has 3 amide bonds. The predicted octanol–water partition coefficient (Wildman–Crippen LogP) is 0.721. The molecule has 86 valence electrons. The number of carbonyl (C=O) groups is 2. The van der Waals surface area contributed by atoms with E-state index in [9.17, 15) is 14.0 Å². The highest BCUT2D eigenvalue weighted by molar-refractivity contribution is 6.31. The number of rotatable bonds is 2. The number of urea groups is 1. The Balaban J connectivity index is 2.66. The van der Waals surface area contributed by atoms with E-state index in [4.69, 9.17) is 17.3 Å². The summed E-state index contributed by atoms with van der Waals surface area (Å²) >= 11 is 5.70. The van der Waals surface area contributed by atoms with Crippen molar-refractivity contribution in [1.82, 2.24) is 10.9 Å². The molecule has 5 nitrogen and oxygen atoms in total. The molecule has 1 rings (SSSR count). The second-order valence-corrected chi connectivity index (χ2v) is 3.32. The van der Waals surface area contributed by atoms with Gasteiger partial charge in [-0.05, 0) is 12.1 Å². The van der Waals surface area contributed by atoms with Crippen molar-refractivity contribution in [3.8, 4) is 0 Å². The van der Waals surface area contributed by atoms with Gasteiger partial charge in [-0.15, -0.1) is 0 Å². The molecule has 1 aromatic carbocycles. The SMILES string of the molecule is NC(=O)NNC(=O)Cc1c(F)cccc1Cl. The molecule has 0 saturated heterocycles. The molecule has 0 bridgehead atoms. The lowest BCUT2D eigenvalue weighted by Gasteiger charge is -2.06. The molecule has 0 spiro atoms. The highest BCUT2D eigenvalue weighted by atomic mass is 35.5. The van der Waals surface area contributed by atoms with Gasteiger partial charge in [0.1, 0.15) is 5.82 Å². The summed E-state index contributed by atoms with van der Waals surface area (Å²) in [6.07, 6.45) is -0.286. The quantitative estimate of drug-likeness (QED) is 0.671. The molecule has 4 N–H and O–H groups in total. The highest BCUT2D eigenvalue weighted by Crippen LogP contribution is 2.19. The first-order valence-corrected chi connectivity index (χ1v) is 4.65. The van der Waals surface area contributed by atoms with Crippen LogP contribution < -0.4 is 16.6 Å². The van der Waals surface area contributed by atoms with Crippen LogP contribution >= 0.6 is 11.6 Å². The molecule has 16 heavy (non-hydrogen) atoms. The highest BCUT2D eigenvalue weighted by Gasteiger charge is 2.11. The third-order valence-corrected chi connectivity index (χ3v) is 2.08. The van der Waals surface area contributed by atoms with Gasteiger partial charge in [0, 0.05) is 10.6 Å². The molecular weight excluding hydrogens is 237 g/mol. The summed E-state index contributed by atoms with van der Waals surface area (Å²) in [4.78, 5) is 21.5. The Labute approximate surface area is 95.7 Å². The molecule has 0 aliphatic carbocycles. The number of nitrogens with two attached hydrogens (primary N) is 1. The molecule has 0 aromatic heterocycles. The third-order valence-electron chi connectivity index (χ3n) is 1.72. The Kier molecular flexibility index (Phi) is 4.07. The van der Waals surface area contributed by atoms with E-state index in [1.54, 1.807) is 0 Å². The molecule has 0 aliphatic heterocycles. The number of hydrazine groups is 1. The van der Waals surface area contributed by atoms with E-state index in [1.807, 2.05) is 10.9 Å². The van der Waals surface area contributed by atoms with Gasteiger partial charge in [-0.1, -0.05) is 17.7 Å². The van der Waals surface area contributed by atoms with Crippen LogP contribution in [-0.2, 0) is 11.2 Å². The van der Waals surface area contributed by atoms with Crippen molar-refractivity contribution >= 4 is 23.5 Å². The van der Waals surface area contributed by atoms with Gasteiger partial charge in [0.05, 0.1) is 6.42 Å². The largest absolute Gasteiger partial charge is 0.350 e. The summed E-state index contributed by atoms with van der Waals surface area (Å²) in [7, 11) is 0. The zero-order valence-electron chi connectivity index (χ0n) is 8.09. The second kappa shape index (κ2) is 5.32. The predicted molar refractivity (Wildman–Crippen MR) is 56.0 cm³/mol. The van der Waals surface area contributed by atoms with E-state index >= 15 is 0 Å². The summed E-state index contributed by atoms with van der Waals surface area (Å²) in [5.41, 5.74) is 8.67.